The summed E-state index contributed by atoms with van der Waals surface area (Å²) in [4.78, 5) is 2.59. The average Bonchev–Trinajstić information content (AvgIpc) is 3.16. The molecule has 2 atom stereocenters. The first-order valence-electron chi connectivity index (χ1n) is 8.20. The molecule has 1 heteroatoms. The fourth-order valence-electron chi connectivity index (χ4n) is 3.83. The van der Waals surface area contributed by atoms with Gasteiger partial charge < -0.3 is 0 Å². The summed E-state index contributed by atoms with van der Waals surface area (Å²) in [6, 6.07) is 22.4. The summed E-state index contributed by atoms with van der Waals surface area (Å²) < 4.78 is 0. The van der Waals surface area contributed by atoms with Crippen molar-refractivity contribution in [2.75, 3.05) is 6.54 Å². The van der Waals surface area contributed by atoms with Gasteiger partial charge in [-0.25, -0.2) is 0 Å². The monoisotopic (exact) mass is 291 g/mol. The van der Waals surface area contributed by atoms with E-state index in [0.29, 0.717) is 12.0 Å². The summed E-state index contributed by atoms with van der Waals surface area (Å²) >= 11 is 0. The number of hydrogen-bond acceptors (Lipinski definition) is 1. The molecule has 0 spiro atoms. The van der Waals surface area contributed by atoms with E-state index >= 15 is 0 Å². The Bertz CT molecular complexity index is 575. The summed E-state index contributed by atoms with van der Waals surface area (Å²) in [6.07, 6.45) is 3.23. The van der Waals surface area contributed by atoms with Crippen molar-refractivity contribution >= 4 is 0 Å². The van der Waals surface area contributed by atoms with E-state index in [2.05, 4.69) is 86.0 Å². The van der Waals surface area contributed by atoms with Crippen LogP contribution in [-0.4, -0.2) is 17.5 Å². The largest absolute Gasteiger partial charge is 0.279 e. The van der Waals surface area contributed by atoms with Crippen LogP contribution in [0.3, 0.4) is 0 Å². The minimum atomic E-state index is 0.0149. The van der Waals surface area contributed by atoms with E-state index in [1.165, 1.54) is 17.5 Å². The van der Waals surface area contributed by atoms with Crippen molar-refractivity contribution in [3.05, 3.63) is 84.4 Å². The van der Waals surface area contributed by atoms with Crippen molar-refractivity contribution in [2.24, 2.45) is 5.92 Å². The van der Waals surface area contributed by atoms with Crippen molar-refractivity contribution in [2.45, 2.75) is 31.8 Å². The number of hydrogen-bond donors (Lipinski definition) is 0. The minimum absolute atomic E-state index is 0.0149. The number of rotatable bonds is 6. The lowest BCUT2D eigenvalue weighted by atomic mass is 9.85. The van der Waals surface area contributed by atoms with Crippen LogP contribution in [0.25, 0.3) is 0 Å². The third-order valence-corrected chi connectivity index (χ3v) is 4.69. The quantitative estimate of drug-likeness (QED) is 0.543. The normalized spacial score (nSPS) is 22.5. The molecule has 1 fully saturated rings. The molecule has 2 unspecified atom stereocenters. The molecular formula is C21H25N. The predicted molar refractivity (Wildman–Crippen MR) is 93.8 cm³/mol. The maximum atomic E-state index is 3.97. The third-order valence-electron chi connectivity index (χ3n) is 4.69. The lowest BCUT2D eigenvalue weighted by Gasteiger charge is -2.19. The van der Waals surface area contributed by atoms with Gasteiger partial charge in [0.05, 0.1) is 5.54 Å². The molecule has 0 bridgehead atoms. The molecule has 22 heavy (non-hydrogen) atoms. The van der Waals surface area contributed by atoms with Gasteiger partial charge in [0, 0.05) is 12.6 Å². The second-order valence-corrected chi connectivity index (χ2v) is 6.58. The van der Waals surface area contributed by atoms with Crippen LogP contribution in [0.15, 0.2) is 73.3 Å². The van der Waals surface area contributed by atoms with Crippen LogP contribution in [-0.2, 0) is 5.54 Å². The van der Waals surface area contributed by atoms with E-state index in [0.717, 1.165) is 6.54 Å². The van der Waals surface area contributed by atoms with Crippen molar-refractivity contribution in [1.29, 1.82) is 0 Å². The van der Waals surface area contributed by atoms with Gasteiger partial charge in [-0.1, -0.05) is 80.6 Å². The van der Waals surface area contributed by atoms with E-state index in [4.69, 9.17) is 0 Å². The second kappa shape index (κ2) is 6.10. The highest BCUT2D eigenvalue weighted by Gasteiger charge is 2.63. The van der Waals surface area contributed by atoms with Crippen LogP contribution in [0, 0.1) is 5.92 Å². The second-order valence-electron chi connectivity index (χ2n) is 6.58. The van der Waals surface area contributed by atoms with Gasteiger partial charge in [-0.05, 0) is 23.5 Å². The zero-order chi connectivity index (χ0) is 15.6. The van der Waals surface area contributed by atoms with Gasteiger partial charge in [0.25, 0.3) is 0 Å². The molecule has 1 aliphatic rings. The average molecular weight is 291 g/mol. The van der Waals surface area contributed by atoms with E-state index in [1.807, 2.05) is 6.08 Å². The third kappa shape index (κ3) is 2.40. The molecule has 1 aliphatic heterocycles. The number of nitrogens with zero attached hydrogens (tertiary/aromatic N) is 1. The highest BCUT2D eigenvalue weighted by molar-refractivity contribution is 5.48. The first-order valence-corrected chi connectivity index (χ1v) is 8.20. The van der Waals surface area contributed by atoms with Crippen LogP contribution in [0.2, 0.25) is 0 Å². The molecule has 3 rings (SSSR count). The zero-order valence-electron chi connectivity index (χ0n) is 13.6. The summed E-state index contributed by atoms with van der Waals surface area (Å²) in [7, 11) is 0. The van der Waals surface area contributed by atoms with Gasteiger partial charge in [0.15, 0.2) is 0 Å². The lowest BCUT2D eigenvalue weighted by Crippen LogP contribution is -2.19. The Morgan fingerprint density at radius 2 is 1.50 bits per heavy atom. The van der Waals surface area contributed by atoms with E-state index in [9.17, 15) is 0 Å². The topological polar surface area (TPSA) is 3.01 Å². The van der Waals surface area contributed by atoms with E-state index in [1.54, 1.807) is 0 Å². The standard InChI is InChI=1S/C21H25N/c1-4-15-22-20(16-17(2)3)21(22,18-11-7-5-8-12-18)19-13-9-6-10-14-19/h4-14,17,20H,1,15-16H2,2-3H3. The molecular weight excluding hydrogens is 266 g/mol. The Morgan fingerprint density at radius 1 is 1.00 bits per heavy atom. The first kappa shape index (κ1) is 15.1. The molecule has 0 N–H and O–H groups in total. The van der Waals surface area contributed by atoms with Crippen LogP contribution in [0.1, 0.15) is 31.4 Å². The predicted octanol–water partition coefficient (Wildman–Crippen LogP) is 4.85. The first-order chi connectivity index (χ1) is 10.7. The Labute approximate surface area is 134 Å². The Morgan fingerprint density at radius 3 is 1.91 bits per heavy atom. The van der Waals surface area contributed by atoms with Crippen LogP contribution < -0.4 is 0 Å². The van der Waals surface area contributed by atoms with Gasteiger partial charge in [-0.15, -0.1) is 6.58 Å². The minimum Gasteiger partial charge on any atom is -0.279 e. The zero-order valence-corrected chi connectivity index (χ0v) is 13.6. The number of benzene rings is 2. The SMILES string of the molecule is C=CCN1C(CC(C)C)C1(c1ccccc1)c1ccccc1. The molecule has 2 aromatic rings. The maximum absolute atomic E-state index is 3.97. The van der Waals surface area contributed by atoms with Gasteiger partial charge >= 0.3 is 0 Å². The molecule has 0 saturated carbocycles. The van der Waals surface area contributed by atoms with Gasteiger partial charge in [0.1, 0.15) is 0 Å². The summed E-state index contributed by atoms with van der Waals surface area (Å²) in [5.41, 5.74) is 2.81. The van der Waals surface area contributed by atoms with Crippen LogP contribution in [0.4, 0.5) is 0 Å². The molecule has 1 nitrogen and oxygen atoms in total. The highest BCUT2D eigenvalue weighted by atomic mass is 15.4. The molecule has 0 aliphatic carbocycles. The molecule has 0 radical (unpaired) electrons. The van der Waals surface area contributed by atoms with Crippen LogP contribution >= 0.6 is 0 Å². The molecule has 114 valence electrons. The Balaban J connectivity index is 2.10. The highest BCUT2D eigenvalue weighted by Crippen LogP contribution is 2.56. The van der Waals surface area contributed by atoms with Crippen LogP contribution in [0.5, 0.6) is 0 Å². The van der Waals surface area contributed by atoms with E-state index < -0.39 is 0 Å². The summed E-state index contributed by atoms with van der Waals surface area (Å²) in [5, 5.41) is 0. The van der Waals surface area contributed by atoms with Gasteiger partial charge in [0.2, 0.25) is 0 Å². The fourth-order valence-corrected chi connectivity index (χ4v) is 3.83. The maximum Gasteiger partial charge on any atom is 0.0880 e. The van der Waals surface area contributed by atoms with Crippen molar-refractivity contribution in [3.8, 4) is 0 Å². The Kier molecular flexibility index (Phi) is 4.17. The molecule has 0 amide bonds. The Hall–Kier alpha value is -1.86. The molecule has 2 aromatic carbocycles. The molecule has 0 aromatic heterocycles. The molecule has 1 heterocycles. The smallest absolute Gasteiger partial charge is 0.0880 e. The van der Waals surface area contributed by atoms with Crippen molar-refractivity contribution in [1.82, 2.24) is 4.90 Å². The summed E-state index contributed by atoms with van der Waals surface area (Å²) in [5.74, 6) is 0.687. The van der Waals surface area contributed by atoms with Gasteiger partial charge in [-0.3, -0.25) is 4.90 Å². The molecule has 1 saturated heterocycles. The van der Waals surface area contributed by atoms with Gasteiger partial charge in [-0.2, -0.15) is 0 Å². The van der Waals surface area contributed by atoms with E-state index in [-0.39, 0.29) is 5.54 Å². The lowest BCUT2D eigenvalue weighted by molar-refractivity contribution is 0.462. The van der Waals surface area contributed by atoms with Crippen molar-refractivity contribution in [3.63, 3.8) is 0 Å². The van der Waals surface area contributed by atoms with Crippen molar-refractivity contribution < 1.29 is 0 Å². The summed E-state index contributed by atoms with van der Waals surface area (Å²) in [6.45, 7) is 9.52. The fraction of sp³-hybridized carbons (Fsp3) is 0.333.